The lowest BCUT2D eigenvalue weighted by Crippen LogP contribution is -2.27. The van der Waals surface area contributed by atoms with Crippen molar-refractivity contribution >= 4 is 5.97 Å². The predicted molar refractivity (Wildman–Crippen MR) is 67.0 cm³/mol. The summed E-state index contributed by atoms with van der Waals surface area (Å²) in [6.07, 6.45) is 2.58. The Labute approximate surface area is 107 Å². The lowest BCUT2D eigenvalue weighted by atomic mass is 10.2. The van der Waals surface area contributed by atoms with Crippen molar-refractivity contribution in [3.05, 3.63) is 17.5 Å². The largest absolute Gasteiger partial charge is 0.462 e. The van der Waals surface area contributed by atoms with E-state index in [9.17, 15) is 4.79 Å². The molecule has 0 aliphatic carbocycles. The average Bonchev–Trinajstić information content (AvgIpc) is 2.88. The number of ether oxygens (including phenoxy) is 1. The molecule has 0 radical (unpaired) electrons. The zero-order valence-corrected chi connectivity index (χ0v) is 10.9. The Morgan fingerprint density at radius 1 is 1.67 bits per heavy atom. The molecule has 100 valence electrons. The average molecular weight is 252 g/mol. The number of carbonyl (C=O) groups excluding carboxylic acids is 1. The van der Waals surface area contributed by atoms with Gasteiger partial charge in [0.2, 0.25) is 0 Å². The minimum absolute atomic E-state index is 0.240. The molecule has 1 aromatic heterocycles. The maximum absolute atomic E-state index is 11.8. The summed E-state index contributed by atoms with van der Waals surface area (Å²) >= 11 is 0. The van der Waals surface area contributed by atoms with Crippen molar-refractivity contribution in [2.24, 2.45) is 12.8 Å². The first-order valence-electron chi connectivity index (χ1n) is 6.27. The summed E-state index contributed by atoms with van der Waals surface area (Å²) in [5.41, 5.74) is 7.33. The molecular weight excluding hydrogens is 232 g/mol. The number of hydrogen-bond donors (Lipinski definition) is 1. The molecule has 0 amide bonds. The minimum Gasteiger partial charge on any atom is -0.462 e. The standard InChI is InChI=1S/C12H20N4O2/c1-3-18-12(17)10-6-14-15(2)11(10)8-16-5-4-9(13)7-16/h6,9H,3-5,7-8,13H2,1-2H3. The van der Waals surface area contributed by atoms with Crippen LogP contribution in [0.3, 0.4) is 0 Å². The third kappa shape index (κ3) is 2.70. The van der Waals surface area contributed by atoms with E-state index in [0.29, 0.717) is 18.7 Å². The molecule has 1 unspecified atom stereocenters. The van der Waals surface area contributed by atoms with Crippen molar-refractivity contribution in [1.82, 2.24) is 14.7 Å². The van der Waals surface area contributed by atoms with E-state index in [2.05, 4.69) is 10.00 Å². The second-order valence-corrected chi connectivity index (χ2v) is 4.63. The van der Waals surface area contributed by atoms with Crippen molar-refractivity contribution in [2.75, 3.05) is 19.7 Å². The van der Waals surface area contributed by atoms with Gasteiger partial charge < -0.3 is 10.5 Å². The molecule has 0 aromatic carbocycles. The molecule has 6 heteroatoms. The molecule has 18 heavy (non-hydrogen) atoms. The van der Waals surface area contributed by atoms with Crippen LogP contribution < -0.4 is 5.73 Å². The molecule has 1 aromatic rings. The molecule has 1 atom stereocenters. The summed E-state index contributed by atoms with van der Waals surface area (Å²) in [5, 5.41) is 4.14. The molecule has 1 fully saturated rings. The van der Waals surface area contributed by atoms with Crippen molar-refractivity contribution in [2.45, 2.75) is 25.9 Å². The number of esters is 1. The zero-order chi connectivity index (χ0) is 13.1. The van der Waals surface area contributed by atoms with E-state index < -0.39 is 0 Å². The van der Waals surface area contributed by atoms with Crippen LogP contribution in [0.5, 0.6) is 0 Å². The zero-order valence-electron chi connectivity index (χ0n) is 10.9. The molecule has 0 spiro atoms. The Balaban J connectivity index is 2.11. The van der Waals surface area contributed by atoms with Crippen molar-refractivity contribution in [1.29, 1.82) is 0 Å². The summed E-state index contributed by atoms with van der Waals surface area (Å²) < 4.78 is 6.76. The number of aryl methyl sites for hydroxylation is 1. The fourth-order valence-corrected chi connectivity index (χ4v) is 2.25. The Morgan fingerprint density at radius 2 is 2.44 bits per heavy atom. The van der Waals surface area contributed by atoms with Crippen LogP contribution in [0.1, 0.15) is 29.4 Å². The van der Waals surface area contributed by atoms with Gasteiger partial charge in [-0.05, 0) is 13.3 Å². The number of rotatable bonds is 4. The van der Waals surface area contributed by atoms with Gasteiger partial charge in [0.15, 0.2) is 0 Å². The molecule has 2 N–H and O–H groups in total. The second kappa shape index (κ2) is 5.49. The first kappa shape index (κ1) is 13.0. The van der Waals surface area contributed by atoms with E-state index in [1.54, 1.807) is 17.8 Å². The van der Waals surface area contributed by atoms with Gasteiger partial charge in [0.05, 0.1) is 18.5 Å². The highest BCUT2D eigenvalue weighted by molar-refractivity contribution is 5.90. The smallest absolute Gasteiger partial charge is 0.341 e. The van der Waals surface area contributed by atoms with Gasteiger partial charge in [-0.1, -0.05) is 0 Å². The van der Waals surface area contributed by atoms with E-state index in [0.717, 1.165) is 25.2 Å². The van der Waals surface area contributed by atoms with Gasteiger partial charge in [0.1, 0.15) is 5.56 Å². The third-order valence-electron chi connectivity index (χ3n) is 3.24. The number of carbonyl (C=O) groups is 1. The summed E-state index contributed by atoms with van der Waals surface area (Å²) in [4.78, 5) is 14.0. The molecule has 1 aliphatic heterocycles. The number of hydrogen-bond acceptors (Lipinski definition) is 5. The highest BCUT2D eigenvalue weighted by Gasteiger charge is 2.23. The van der Waals surface area contributed by atoms with Gasteiger partial charge in [0, 0.05) is 32.7 Å². The highest BCUT2D eigenvalue weighted by Crippen LogP contribution is 2.16. The van der Waals surface area contributed by atoms with Crippen molar-refractivity contribution < 1.29 is 9.53 Å². The maximum atomic E-state index is 11.8. The minimum atomic E-state index is -0.302. The molecule has 6 nitrogen and oxygen atoms in total. The summed E-state index contributed by atoms with van der Waals surface area (Å²) in [6.45, 7) is 4.70. The van der Waals surface area contributed by atoms with E-state index in [4.69, 9.17) is 10.5 Å². The topological polar surface area (TPSA) is 73.4 Å². The number of nitrogens with zero attached hydrogens (tertiary/aromatic N) is 3. The SMILES string of the molecule is CCOC(=O)c1cnn(C)c1CN1CCC(N)C1. The molecule has 2 heterocycles. The number of aromatic nitrogens is 2. The number of likely N-dealkylation sites (tertiary alicyclic amines) is 1. The highest BCUT2D eigenvalue weighted by atomic mass is 16.5. The molecule has 0 saturated carbocycles. The van der Waals surface area contributed by atoms with Gasteiger partial charge in [-0.2, -0.15) is 5.10 Å². The monoisotopic (exact) mass is 252 g/mol. The lowest BCUT2D eigenvalue weighted by molar-refractivity contribution is 0.0524. The quantitative estimate of drug-likeness (QED) is 0.771. The van der Waals surface area contributed by atoms with Crippen LogP contribution in [0.25, 0.3) is 0 Å². The molecule has 1 aliphatic rings. The fraction of sp³-hybridized carbons (Fsp3) is 0.667. The predicted octanol–water partition coefficient (Wildman–Crippen LogP) is 0.130. The van der Waals surface area contributed by atoms with Crippen molar-refractivity contribution in [3.8, 4) is 0 Å². The normalized spacial score (nSPS) is 20.3. The maximum Gasteiger partial charge on any atom is 0.341 e. The van der Waals surface area contributed by atoms with Crippen LogP contribution >= 0.6 is 0 Å². The van der Waals surface area contributed by atoms with Crippen LogP contribution in [-0.2, 0) is 18.3 Å². The van der Waals surface area contributed by atoms with E-state index >= 15 is 0 Å². The van der Waals surface area contributed by atoms with Crippen LogP contribution in [0.2, 0.25) is 0 Å². The summed E-state index contributed by atoms with van der Waals surface area (Å²) in [5.74, 6) is -0.302. The molecule has 2 rings (SSSR count). The van der Waals surface area contributed by atoms with E-state index in [-0.39, 0.29) is 12.0 Å². The van der Waals surface area contributed by atoms with Crippen molar-refractivity contribution in [3.63, 3.8) is 0 Å². The Kier molecular flexibility index (Phi) is 3.98. The first-order valence-corrected chi connectivity index (χ1v) is 6.27. The van der Waals surface area contributed by atoms with Gasteiger partial charge in [-0.25, -0.2) is 4.79 Å². The first-order chi connectivity index (χ1) is 8.61. The Hall–Kier alpha value is -1.40. The van der Waals surface area contributed by atoms with Crippen LogP contribution in [0.15, 0.2) is 6.20 Å². The van der Waals surface area contributed by atoms with Gasteiger partial charge in [-0.3, -0.25) is 9.58 Å². The fourth-order valence-electron chi connectivity index (χ4n) is 2.25. The summed E-state index contributed by atoms with van der Waals surface area (Å²) in [7, 11) is 1.84. The van der Waals surface area contributed by atoms with Crippen LogP contribution in [0.4, 0.5) is 0 Å². The Morgan fingerprint density at radius 3 is 3.06 bits per heavy atom. The lowest BCUT2D eigenvalue weighted by Gasteiger charge is -2.16. The van der Waals surface area contributed by atoms with E-state index in [1.165, 1.54) is 0 Å². The third-order valence-corrected chi connectivity index (χ3v) is 3.24. The number of nitrogens with two attached hydrogens (primary N) is 1. The second-order valence-electron chi connectivity index (χ2n) is 4.63. The van der Waals surface area contributed by atoms with Crippen LogP contribution in [0, 0.1) is 0 Å². The Bertz CT molecular complexity index is 430. The van der Waals surface area contributed by atoms with Crippen LogP contribution in [-0.4, -0.2) is 46.4 Å². The molecular formula is C12H20N4O2. The van der Waals surface area contributed by atoms with Gasteiger partial charge in [-0.15, -0.1) is 0 Å². The van der Waals surface area contributed by atoms with Gasteiger partial charge in [0.25, 0.3) is 0 Å². The molecule has 1 saturated heterocycles. The summed E-state index contributed by atoms with van der Waals surface area (Å²) in [6, 6.07) is 0.240. The molecule has 0 bridgehead atoms. The van der Waals surface area contributed by atoms with E-state index in [1.807, 2.05) is 7.05 Å². The van der Waals surface area contributed by atoms with Gasteiger partial charge >= 0.3 is 5.97 Å².